The summed E-state index contributed by atoms with van der Waals surface area (Å²) in [5, 5.41) is 3.91. The zero-order chi connectivity index (χ0) is 10.4. The summed E-state index contributed by atoms with van der Waals surface area (Å²) in [5.74, 6) is -0.234. The summed E-state index contributed by atoms with van der Waals surface area (Å²) in [5.41, 5.74) is 1.77. The van der Waals surface area contributed by atoms with E-state index in [0.717, 1.165) is 24.1 Å². The van der Waals surface area contributed by atoms with Gasteiger partial charge in [-0.2, -0.15) is 0 Å². The minimum atomic E-state index is -0.234. The standard InChI is InChI=1S/C11H14FNO/c1-3-4-11(13-14-2)9-5-7-10(12)8-6-9/h5-8H,3-4H2,1-2H3/b13-11-. The molecule has 14 heavy (non-hydrogen) atoms. The maximum Gasteiger partial charge on any atom is 0.123 e. The molecule has 2 nitrogen and oxygen atoms in total. The smallest absolute Gasteiger partial charge is 0.123 e. The monoisotopic (exact) mass is 195 g/mol. The first kappa shape index (κ1) is 10.7. The Balaban J connectivity index is 2.88. The maximum atomic E-state index is 12.7. The van der Waals surface area contributed by atoms with Gasteiger partial charge in [-0.3, -0.25) is 0 Å². The first-order chi connectivity index (χ1) is 6.77. The number of oxime groups is 1. The normalized spacial score (nSPS) is 11.5. The third-order valence-corrected chi connectivity index (χ3v) is 1.87. The molecule has 0 spiro atoms. The summed E-state index contributed by atoms with van der Waals surface area (Å²) in [4.78, 5) is 4.74. The molecule has 0 fully saturated rings. The Morgan fingerprint density at radius 2 is 2.00 bits per heavy atom. The average Bonchev–Trinajstić information content (AvgIpc) is 2.19. The van der Waals surface area contributed by atoms with Crippen molar-refractivity contribution in [1.82, 2.24) is 0 Å². The van der Waals surface area contributed by atoms with Crippen molar-refractivity contribution in [2.24, 2.45) is 5.16 Å². The van der Waals surface area contributed by atoms with Gasteiger partial charge < -0.3 is 4.84 Å². The van der Waals surface area contributed by atoms with E-state index in [1.807, 2.05) is 0 Å². The van der Waals surface area contributed by atoms with Gasteiger partial charge in [-0.05, 0) is 24.1 Å². The summed E-state index contributed by atoms with van der Waals surface area (Å²) < 4.78 is 12.7. The second-order valence-corrected chi connectivity index (χ2v) is 2.98. The summed E-state index contributed by atoms with van der Waals surface area (Å²) >= 11 is 0. The van der Waals surface area contributed by atoms with Crippen LogP contribution in [-0.4, -0.2) is 12.8 Å². The predicted molar refractivity (Wildman–Crippen MR) is 54.9 cm³/mol. The zero-order valence-corrected chi connectivity index (χ0v) is 8.46. The quantitative estimate of drug-likeness (QED) is 0.534. The molecule has 1 aromatic rings. The summed E-state index contributed by atoms with van der Waals surface area (Å²) in [7, 11) is 1.51. The molecule has 0 aliphatic rings. The van der Waals surface area contributed by atoms with Gasteiger partial charge in [0.25, 0.3) is 0 Å². The van der Waals surface area contributed by atoms with Crippen LogP contribution in [0.15, 0.2) is 29.4 Å². The Labute approximate surface area is 83.4 Å². The minimum Gasteiger partial charge on any atom is -0.399 e. The van der Waals surface area contributed by atoms with Crippen molar-refractivity contribution in [2.45, 2.75) is 19.8 Å². The molecule has 76 valence electrons. The van der Waals surface area contributed by atoms with E-state index < -0.39 is 0 Å². The van der Waals surface area contributed by atoms with E-state index in [1.54, 1.807) is 12.1 Å². The topological polar surface area (TPSA) is 21.6 Å². The van der Waals surface area contributed by atoms with Gasteiger partial charge in [0, 0.05) is 0 Å². The van der Waals surface area contributed by atoms with Gasteiger partial charge in [0.2, 0.25) is 0 Å². The van der Waals surface area contributed by atoms with Crippen LogP contribution >= 0.6 is 0 Å². The average molecular weight is 195 g/mol. The minimum absolute atomic E-state index is 0.234. The third-order valence-electron chi connectivity index (χ3n) is 1.87. The Morgan fingerprint density at radius 3 is 2.50 bits per heavy atom. The molecule has 0 heterocycles. The first-order valence-electron chi connectivity index (χ1n) is 4.64. The van der Waals surface area contributed by atoms with E-state index >= 15 is 0 Å². The van der Waals surface area contributed by atoms with Gasteiger partial charge in [-0.1, -0.05) is 30.6 Å². The van der Waals surface area contributed by atoms with Crippen LogP contribution in [0, 0.1) is 5.82 Å². The van der Waals surface area contributed by atoms with Crippen LogP contribution in [0.1, 0.15) is 25.3 Å². The van der Waals surface area contributed by atoms with E-state index in [9.17, 15) is 4.39 Å². The van der Waals surface area contributed by atoms with Crippen LogP contribution in [-0.2, 0) is 4.84 Å². The third kappa shape index (κ3) is 2.83. The highest BCUT2D eigenvalue weighted by molar-refractivity contribution is 6.00. The molecule has 1 aromatic carbocycles. The van der Waals surface area contributed by atoms with Gasteiger partial charge >= 0.3 is 0 Å². The fraction of sp³-hybridized carbons (Fsp3) is 0.364. The molecule has 1 rings (SSSR count). The molecule has 0 N–H and O–H groups in total. The molecule has 0 aliphatic heterocycles. The van der Waals surface area contributed by atoms with E-state index in [1.165, 1.54) is 19.2 Å². The summed E-state index contributed by atoms with van der Waals surface area (Å²) in [6.45, 7) is 2.06. The number of hydrogen-bond donors (Lipinski definition) is 0. The lowest BCUT2D eigenvalue weighted by atomic mass is 10.1. The fourth-order valence-electron chi connectivity index (χ4n) is 1.23. The Bertz CT molecular complexity index is 306. The highest BCUT2D eigenvalue weighted by atomic mass is 19.1. The van der Waals surface area contributed by atoms with Gasteiger partial charge in [-0.25, -0.2) is 4.39 Å². The van der Waals surface area contributed by atoms with Crippen molar-refractivity contribution in [2.75, 3.05) is 7.11 Å². The van der Waals surface area contributed by atoms with Crippen LogP contribution in [0.4, 0.5) is 4.39 Å². The van der Waals surface area contributed by atoms with Gasteiger partial charge in [0.05, 0.1) is 5.71 Å². The fourth-order valence-corrected chi connectivity index (χ4v) is 1.23. The lowest BCUT2D eigenvalue weighted by Crippen LogP contribution is -2.01. The van der Waals surface area contributed by atoms with E-state index in [4.69, 9.17) is 4.84 Å². The van der Waals surface area contributed by atoms with Crippen LogP contribution in [0.25, 0.3) is 0 Å². The van der Waals surface area contributed by atoms with Crippen LogP contribution in [0.2, 0.25) is 0 Å². The lowest BCUT2D eigenvalue weighted by Gasteiger charge is -2.03. The van der Waals surface area contributed by atoms with E-state index in [-0.39, 0.29) is 5.82 Å². The molecule has 0 aliphatic carbocycles. The predicted octanol–water partition coefficient (Wildman–Crippen LogP) is 2.98. The molecule has 0 bridgehead atoms. The molecule has 0 saturated carbocycles. The molecular formula is C11H14FNO. The van der Waals surface area contributed by atoms with Crippen molar-refractivity contribution in [3.05, 3.63) is 35.6 Å². The second kappa shape index (κ2) is 5.37. The van der Waals surface area contributed by atoms with Crippen molar-refractivity contribution < 1.29 is 9.23 Å². The highest BCUT2D eigenvalue weighted by Crippen LogP contribution is 2.08. The Hall–Kier alpha value is -1.38. The van der Waals surface area contributed by atoms with E-state index in [2.05, 4.69) is 12.1 Å². The molecule has 0 atom stereocenters. The largest absolute Gasteiger partial charge is 0.399 e. The molecule has 0 radical (unpaired) electrons. The molecular weight excluding hydrogens is 181 g/mol. The Kier molecular flexibility index (Phi) is 4.11. The van der Waals surface area contributed by atoms with Gasteiger partial charge in [0.15, 0.2) is 0 Å². The SMILES string of the molecule is CCC/C(=N/OC)c1ccc(F)cc1. The van der Waals surface area contributed by atoms with Gasteiger partial charge in [0.1, 0.15) is 12.9 Å². The van der Waals surface area contributed by atoms with E-state index in [0.29, 0.717) is 0 Å². The maximum absolute atomic E-state index is 12.7. The zero-order valence-electron chi connectivity index (χ0n) is 8.46. The number of benzene rings is 1. The Morgan fingerprint density at radius 1 is 1.36 bits per heavy atom. The van der Waals surface area contributed by atoms with Crippen LogP contribution in [0.5, 0.6) is 0 Å². The number of halogens is 1. The number of hydrogen-bond acceptors (Lipinski definition) is 2. The molecule has 3 heteroatoms. The molecule has 0 aromatic heterocycles. The lowest BCUT2D eigenvalue weighted by molar-refractivity contribution is 0.213. The number of rotatable bonds is 4. The van der Waals surface area contributed by atoms with Crippen molar-refractivity contribution in [3.63, 3.8) is 0 Å². The van der Waals surface area contributed by atoms with Crippen LogP contribution < -0.4 is 0 Å². The molecule has 0 saturated heterocycles. The summed E-state index contributed by atoms with van der Waals surface area (Å²) in [6.07, 6.45) is 1.82. The second-order valence-electron chi connectivity index (χ2n) is 2.98. The highest BCUT2D eigenvalue weighted by Gasteiger charge is 2.03. The first-order valence-corrected chi connectivity index (χ1v) is 4.64. The molecule has 0 unspecified atom stereocenters. The number of nitrogens with zero attached hydrogens (tertiary/aromatic N) is 1. The van der Waals surface area contributed by atoms with Crippen molar-refractivity contribution in [1.29, 1.82) is 0 Å². The summed E-state index contributed by atoms with van der Waals surface area (Å²) in [6, 6.07) is 6.28. The van der Waals surface area contributed by atoms with Crippen molar-refractivity contribution in [3.8, 4) is 0 Å². The van der Waals surface area contributed by atoms with Crippen LogP contribution in [0.3, 0.4) is 0 Å². The molecule has 0 amide bonds. The van der Waals surface area contributed by atoms with Gasteiger partial charge in [-0.15, -0.1) is 0 Å². The van der Waals surface area contributed by atoms with Crippen molar-refractivity contribution >= 4 is 5.71 Å².